The summed E-state index contributed by atoms with van der Waals surface area (Å²) >= 11 is 0. The van der Waals surface area contributed by atoms with E-state index in [0.29, 0.717) is 12.2 Å². The van der Waals surface area contributed by atoms with Crippen molar-refractivity contribution in [2.45, 2.75) is 44.2 Å². The molecule has 1 aliphatic carbocycles. The fraction of sp³-hybridized carbons (Fsp3) is 0.444. The van der Waals surface area contributed by atoms with E-state index in [1.54, 1.807) is 0 Å². The maximum atomic E-state index is 13.6. The molecule has 10 heteroatoms. The van der Waals surface area contributed by atoms with Crippen LogP contribution in [0.5, 0.6) is 0 Å². The highest BCUT2D eigenvalue weighted by Gasteiger charge is 2.25. The van der Waals surface area contributed by atoms with Gasteiger partial charge in [-0.15, -0.1) is 0 Å². The highest BCUT2D eigenvalue weighted by Crippen LogP contribution is 2.24. The predicted octanol–water partition coefficient (Wildman–Crippen LogP) is 2.32. The second kappa shape index (κ2) is 9.63. The van der Waals surface area contributed by atoms with Gasteiger partial charge < -0.3 is 15.7 Å². The van der Waals surface area contributed by atoms with Crippen LogP contribution in [0.25, 0.3) is 6.08 Å². The minimum atomic E-state index is -2.31. The number of hydrogen-bond acceptors (Lipinski definition) is 3. The number of carbonyl (C=O) groups excluding carboxylic acids is 2. The van der Waals surface area contributed by atoms with Crippen LogP contribution in [0.1, 0.15) is 37.7 Å². The van der Waals surface area contributed by atoms with Gasteiger partial charge in [0.2, 0.25) is 17.6 Å². The number of aliphatic hydroxyl groups is 1. The van der Waals surface area contributed by atoms with Gasteiger partial charge >= 0.3 is 0 Å². The van der Waals surface area contributed by atoms with Crippen LogP contribution in [0.15, 0.2) is 6.08 Å². The molecule has 5 nitrogen and oxygen atoms in total. The average Bonchev–Trinajstić information content (AvgIpc) is 2.69. The van der Waals surface area contributed by atoms with Crippen molar-refractivity contribution in [3.63, 3.8) is 0 Å². The Kier molecular flexibility index (Phi) is 7.50. The smallest absolute Gasteiger partial charge is 0.245 e. The third kappa shape index (κ3) is 5.06. The lowest BCUT2D eigenvalue weighted by molar-refractivity contribution is -0.128. The Morgan fingerprint density at radius 3 is 2.04 bits per heavy atom. The van der Waals surface area contributed by atoms with Gasteiger partial charge in [-0.3, -0.25) is 9.59 Å². The highest BCUT2D eigenvalue weighted by molar-refractivity contribution is 5.95. The topological polar surface area (TPSA) is 78.4 Å². The Labute approximate surface area is 157 Å². The number of hydrogen-bond donors (Lipinski definition) is 3. The van der Waals surface area contributed by atoms with Gasteiger partial charge in [-0.05, 0) is 18.9 Å². The van der Waals surface area contributed by atoms with Gasteiger partial charge in [0, 0.05) is 12.1 Å². The normalized spacial score (nSPS) is 16.2. The third-order valence-corrected chi connectivity index (χ3v) is 4.41. The van der Waals surface area contributed by atoms with Gasteiger partial charge in [0.25, 0.3) is 0 Å². The second-order valence-electron chi connectivity index (χ2n) is 6.40. The average molecular weight is 406 g/mol. The summed E-state index contributed by atoms with van der Waals surface area (Å²) in [7, 11) is 0. The lowest BCUT2D eigenvalue weighted by atomic mass is 9.95. The molecule has 1 aliphatic rings. The first-order valence-corrected chi connectivity index (χ1v) is 8.67. The maximum Gasteiger partial charge on any atom is 0.245 e. The molecule has 1 aromatic carbocycles. The van der Waals surface area contributed by atoms with Crippen molar-refractivity contribution in [3.05, 3.63) is 40.7 Å². The summed E-state index contributed by atoms with van der Waals surface area (Å²) in [6.07, 6.45) is 5.43. The Bertz CT molecular complexity index is 750. The Hall–Kier alpha value is -2.49. The molecule has 28 heavy (non-hydrogen) atoms. The maximum absolute atomic E-state index is 13.6. The summed E-state index contributed by atoms with van der Waals surface area (Å²) in [6.45, 7) is -0.735. The molecule has 0 heterocycles. The zero-order chi connectivity index (χ0) is 20.8. The van der Waals surface area contributed by atoms with Crippen molar-refractivity contribution in [1.82, 2.24) is 10.6 Å². The van der Waals surface area contributed by atoms with Crippen molar-refractivity contribution in [1.29, 1.82) is 0 Å². The molecule has 0 saturated heterocycles. The molecule has 2 rings (SSSR count). The summed E-state index contributed by atoms with van der Waals surface area (Å²) in [6, 6.07) is -1.40. The number of benzene rings is 1. The van der Waals surface area contributed by atoms with Gasteiger partial charge in [-0.2, -0.15) is 0 Å². The van der Waals surface area contributed by atoms with Gasteiger partial charge in [0.1, 0.15) is 6.04 Å². The molecule has 1 aromatic rings. The van der Waals surface area contributed by atoms with Crippen molar-refractivity contribution in [3.8, 4) is 0 Å². The van der Waals surface area contributed by atoms with E-state index < -0.39 is 59.1 Å². The van der Waals surface area contributed by atoms with Crippen LogP contribution >= 0.6 is 0 Å². The van der Waals surface area contributed by atoms with Crippen molar-refractivity contribution in [2.75, 3.05) is 6.61 Å². The number of amides is 2. The molecule has 0 spiro atoms. The fourth-order valence-electron chi connectivity index (χ4n) is 2.89. The van der Waals surface area contributed by atoms with Crippen molar-refractivity contribution < 1.29 is 36.6 Å². The molecule has 0 aliphatic heterocycles. The van der Waals surface area contributed by atoms with Gasteiger partial charge in [0.15, 0.2) is 23.3 Å². The Balaban J connectivity index is 2.04. The van der Waals surface area contributed by atoms with Gasteiger partial charge in [-0.1, -0.05) is 19.3 Å². The van der Waals surface area contributed by atoms with Crippen LogP contribution in [-0.2, 0) is 9.59 Å². The third-order valence-electron chi connectivity index (χ3n) is 4.41. The van der Waals surface area contributed by atoms with Gasteiger partial charge in [0.05, 0.1) is 12.2 Å². The quantitative estimate of drug-likeness (QED) is 0.294. The number of rotatable bonds is 6. The van der Waals surface area contributed by atoms with Crippen LogP contribution in [0.3, 0.4) is 0 Å². The molecule has 1 atom stereocenters. The van der Waals surface area contributed by atoms with Crippen molar-refractivity contribution in [2.24, 2.45) is 0 Å². The first-order valence-electron chi connectivity index (χ1n) is 8.67. The van der Waals surface area contributed by atoms with Crippen LogP contribution in [-0.4, -0.2) is 35.6 Å². The van der Waals surface area contributed by atoms with E-state index in [-0.39, 0.29) is 6.04 Å². The van der Waals surface area contributed by atoms with Crippen LogP contribution in [0.2, 0.25) is 0 Å². The van der Waals surface area contributed by atoms with Crippen LogP contribution < -0.4 is 10.6 Å². The largest absolute Gasteiger partial charge is 0.394 e. The Morgan fingerprint density at radius 2 is 1.50 bits per heavy atom. The lowest BCUT2D eigenvalue weighted by Gasteiger charge is -2.25. The molecular weight excluding hydrogens is 387 g/mol. The molecule has 0 radical (unpaired) electrons. The summed E-state index contributed by atoms with van der Waals surface area (Å²) < 4.78 is 66.4. The Morgan fingerprint density at radius 1 is 0.964 bits per heavy atom. The van der Waals surface area contributed by atoms with Gasteiger partial charge in [-0.25, -0.2) is 22.0 Å². The zero-order valence-corrected chi connectivity index (χ0v) is 14.7. The predicted molar refractivity (Wildman–Crippen MR) is 89.3 cm³/mol. The minimum Gasteiger partial charge on any atom is -0.394 e. The first-order chi connectivity index (χ1) is 13.3. The molecule has 154 valence electrons. The monoisotopic (exact) mass is 406 g/mol. The molecule has 0 bridgehead atoms. The van der Waals surface area contributed by atoms with E-state index in [4.69, 9.17) is 0 Å². The van der Waals surface area contributed by atoms with Crippen LogP contribution in [0.4, 0.5) is 22.0 Å². The number of nitrogens with one attached hydrogen (secondary N) is 2. The molecule has 0 unspecified atom stereocenters. The summed E-state index contributed by atoms with van der Waals surface area (Å²) in [5, 5.41) is 14.1. The summed E-state index contributed by atoms with van der Waals surface area (Å²) in [5.41, 5.74) is -1.29. The SMILES string of the molecule is O=C(C=Cc1c(F)c(F)c(F)c(F)c1F)N[C@@H](CO)C(=O)NC1CCCCC1. The number of carbonyl (C=O) groups is 2. The molecule has 0 aromatic heterocycles. The lowest BCUT2D eigenvalue weighted by Crippen LogP contribution is -2.51. The highest BCUT2D eigenvalue weighted by atomic mass is 19.2. The van der Waals surface area contributed by atoms with E-state index in [1.165, 1.54) is 0 Å². The number of aliphatic hydroxyl groups excluding tert-OH is 1. The standard InChI is InChI=1S/C18H19F5N2O3/c19-13-10(14(20)16(22)17(23)15(13)21)6-7-12(27)25-11(8-26)18(28)24-9-4-2-1-3-5-9/h6-7,9,11,26H,1-5,8H2,(H,24,28)(H,25,27)/t11-/m0/s1. The molecule has 1 saturated carbocycles. The van der Waals surface area contributed by atoms with E-state index in [0.717, 1.165) is 32.1 Å². The first kappa shape index (κ1) is 21.8. The summed E-state index contributed by atoms with van der Waals surface area (Å²) in [4.78, 5) is 24.0. The number of halogens is 5. The molecule has 2 amide bonds. The van der Waals surface area contributed by atoms with Crippen LogP contribution in [0, 0.1) is 29.1 Å². The molecular formula is C18H19F5N2O3. The van der Waals surface area contributed by atoms with E-state index >= 15 is 0 Å². The summed E-state index contributed by atoms with van der Waals surface area (Å²) in [5.74, 6) is -12.5. The van der Waals surface area contributed by atoms with E-state index in [9.17, 15) is 36.6 Å². The zero-order valence-electron chi connectivity index (χ0n) is 14.7. The van der Waals surface area contributed by atoms with Crippen molar-refractivity contribution >= 4 is 17.9 Å². The molecule has 1 fully saturated rings. The van der Waals surface area contributed by atoms with E-state index in [1.807, 2.05) is 0 Å². The second-order valence-corrected chi connectivity index (χ2v) is 6.40. The van der Waals surface area contributed by atoms with E-state index in [2.05, 4.69) is 10.6 Å². The minimum absolute atomic E-state index is 0.0731. The fourth-order valence-corrected chi connectivity index (χ4v) is 2.89. The molecule has 3 N–H and O–H groups in total.